The molecule has 2 amide bonds. The van der Waals surface area contributed by atoms with Crippen LogP contribution in [0.15, 0.2) is 72.8 Å². The predicted octanol–water partition coefficient (Wildman–Crippen LogP) is 2.86. The molecule has 0 aliphatic carbocycles. The molecule has 7 nitrogen and oxygen atoms in total. The molecule has 0 spiro atoms. The Morgan fingerprint density at radius 3 is 2.36 bits per heavy atom. The lowest BCUT2D eigenvalue weighted by atomic mass is 10.00. The summed E-state index contributed by atoms with van der Waals surface area (Å²) in [5.74, 6) is -0.138. The summed E-state index contributed by atoms with van der Waals surface area (Å²) in [5, 5.41) is 2.79. The average molecular weight is 448 g/mol. The number of hydrogen-bond donors (Lipinski definition) is 2. The highest BCUT2D eigenvalue weighted by Gasteiger charge is 2.47. The second kappa shape index (κ2) is 9.52. The summed E-state index contributed by atoms with van der Waals surface area (Å²) in [6.07, 6.45) is 1.77. The predicted molar refractivity (Wildman–Crippen MR) is 120 cm³/mol. The molecule has 3 aromatic carbocycles. The van der Waals surface area contributed by atoms with Crippen LogP contribution >= 0.6 is 0 Å². The van der Waals surface area contributed by atoms with E-state index in [1.165, 1.54) is 24.3 Å². The van der Waals surface area contributed by atoms with Gasteiger partial charge in [0.2, 0.25) is 12.3 Å². The smallest absolute Gasteiger partial charge is 0.304 e. The van der Waals surface area contributed by atoms with Crippen LogP contribution in [0.4, 0.5) is 4.39 Å². The molecule has 2 atom stereocenters. The van der Waals surface area contributed by atoms with E-state index in [-0.39, 0.29) is 11.5 Å². The Kier molecular flexibility index (Phi) is 6.35. The van der Waals surface area contributed by atoms with Gasteiger partial charge in [-0.05, 0) is 42.5 Å². The van der Waals surface area contributed by atoms with Crippen molar-refractivity contribution in [2.75, 3.05) is 14.2 Å². The summed E-state index contributed by atoms with van der Waals surface area (Å²) in [6.45, 7) is 0. The third kappa shape index (κ3) is 4.69. The molecule has 0 radical (unpaired) electrons. The first-order chi connectivity index (χ1) is 16.0. The van der Waals surface area contributed by atoms with Crippen molar-refractivity contribution in [3.8, 4) is 11.5 Å². The first kappa shape index (κ1) is 22.0. The van der Waals surface area contributed by atoms with Crippen LogP contribution in [0.2, 0.25) is 0 Å². The van der Waals surface area contributed by atoms with Crippen LogP contribution in [0, 0.1) is 5.82 Å². The standard InChI is InChI=1S/C25H22FN3O4/c1-32-20-13-8-16(14-21(20)33-2)15-29-23(17-6-4-3-5-7-17)22(25(31)28-29)27-24(30)18-9-11-19(26)12-10-18/h3-15,22-23H,1-2H3,(H-,27,28,30,31)/p+1/b29-15-/t22-,23-/m0/s1. The first-order valence-electron chi connectivity index (χ1n) is 10.3. The minimum absolute atomic E-state index is 0.262. The van der Waals surface area contributed by atoms with E-state index in [9.17, 15) is 14.0 Å². The number of halogens is 1. The Morgan fingerprint density at radius 1 is 1.00 bits per heavy atom. The van der Waals surface area contributed by atoms with E-state index < -0.39 is 23.8 Å². The molecule has 3 aromatic rings. The number of carbonyl (C=O) groups is 2. The Morgan fingerprint density at radius 2 is 1.70 bits per heavy atom. The minimum atomic E-state index is -0.874. The zero-order valence-corrected chi connectivity index (χ0v) is 18.1. The Hall–Kier alpha value is -4.20. The van der Waals surface area contributed by atoms with Crippen molar-refractivity contribution in [3.05, 3.63) is 95.3 Å². The van der Waals surface area contributed by atoms with Gasteiger partial charge in [-0.25, -0.2) is 4.39 Å². The first-order valence-corrected chi connectivity index (χ1v) is 10.3. The van der Waals surface area contributed by atoms with Crippen molar-refractivity contribution in [1.82, 2.24) is 10.7 Å². The molecule has 0 aromatic heterocycles. The average Bonchev–Trinajstić information content (AvgIpc) is 3.14. The quantitative estimate of drug-likeness (QED) is 0.569. The largest absolute Gasteiger partial charge is 0.493 e. The fourth-order valence-electron chi connectivity index (χ4n) is 3.75. The highest BCUT2D eigenvalue weighted by atomic mass is 19.1. The minimum Gasteiger partial charge on any atom is -0.493 e. The molecule has 1 saturated heterocycles. The van der Waals surface area contributed by atoms with Crippen LogP contribution in [-0.4, -0.2) is 43.0 Å². The highest BCUT2D eigenvalue weighted by Crippen LogP contribution is 2.28. The number of rotatable bonds is 6. The third-order valence-electron chi connectivity index (χ3n) is 5.37. The van der Waals surface area contributed by atoms with Gasteiger partial charge in [0, 0.05) is 16.7 Å². The van der Waals surface area contributed by atoms with E-state index in [2.05, 4.69) is 10.7 Å². The van der Waals surface area contributed by atoms with Crippen molar-refractivity contribution in [2.45, 2.75) is 12.1 Å². The van der Waals surface area contributed by atoms with Crippen LogP contribution in [0.3, 0.4) is 0 Å². The number of nitrogens with zero attached hydrogens (tertiary/aromatic N) is 1. The maximum absolute atomic E-state index is 13.2. The second-order valence-electron chi connectivity index (χ2n) is 7.44. The zero-order chi connectivity index (χ0) is 23.4. The normalized spacial score (nSPS) is 18.6. The topological polar surface area (TPSA) is 79.7 Å². The van der Waals surface area contributed by atoms with Crippen molar-refractivity contribution in [1.29, 1.82) is 0 Å². The van der Waals surface area contributed by atoms with Gasteiger partial charge < -0.3 is 14.8 Å². The summed E-state index contributed by atoms with van der Waals surface area (Å²) in [6, 6.07) is 18.5. The maximum Gasteiger partial charge on any atom is 0.304 e. The molecule has 8 heteroatoms. The molecule has 168 valence electrons. The van der Waals surface area contributed by atoms with Gasteiger partial charge in [-0.2, -0.15) is 0 Å². The van der Waals surface area contributed by atoms with E-state index >= 15 is 0 Å². The SMILES string of the molecule is COc1ccc(/C=[N+]2\NC(=O)[C@@H](NC(=O)c3ccc(F)cc3)[C@@H]2c2ccccc2)cc1OC. The number of ether oxygens (including phenoxy) is 2. The maximum atomic E-state index is 13.2. The Bertz CT molecular complexity index is 1200. The molecule has 1 heterocycles. The third-order valence-corrected chi connectivity index (χ3v) is 5.37. The Labute approximate surface area is 190 Å². The van der Waals surface area contributed by atoms with Crippen molar-refractivity contribution in [3.63, 3.8) is 0 Å². The monoisotopic (exact) mass is 448 g/mol. The molecule has 0 bridgehead atoms. The molecule has 1 aliphatic rings. The molecule has 4 rings (SSSR count). The zero-order valence-electron chi connectivity index (χ0n) is 18.1. The van der Waals surface area contributed by atoms with Gasteiger partial charge >= 0.3 is 5.91 Å². The second-order valence-corrected chi connectivity index (χ2v) is 7.44. The molecular weight excluding hydrogens is 425 g/mol. The summed E-state index contributed by atoms with van der Waals surface area (Å²) in [4.78, 5) is 25.7. The van der Waals surface area contributed by atoms with Crippen LogP contribution in [0.1, 0.15) is 27.5 Å². The summed E-state index contributed by atoms with van der Waals surface area (Å²) in [5.41, 5.74) is 4.68. The van der Waals surface area contributed by atoms with Gasteiger partial charge in [-0.15, -0.1) is 10.1 Å². The van der Waals surface area contributed by atoms with E-state index in [4.69, 9.17) is 9.47 Å². The van der Waals surface area contributed by atoms with Crippen molar-refractivity contribution >= 4 is 18.0 Å². The molecule has 2 N–H and O–H groups in total. The van der Waals surface area contributed by atoms with Crippen LogP contribution in [-0.2, 0) is 4.79 Å². The number of hydrazine groups is 1. The number of hydrazone groups is 1. The van der Waals surface area contributed by atoms with Gasteiger partial charge in [0.1, 0.15) is 5.82 Å². The van der Waals surface area contributed by atoms with E-state index in [0.29, 0.717) is 11.5 Å². The van der Waals surface area contributed by atoms with Gasteiger partial charge in [0.15, 0.2) is 17.5 Å². The molecular formula is C25H23FN3O4+. The summed E-state index contributed by atoms with van der Waals surface area (Å²) < 4.78 is 25.6. The summed E-state index contributed by atoms with van der Waals surface area (Å²) in [7, 11) is 3.11. The van der Waals surface area contributed by atoms with Gasteiger partial charge in [0.05, 0.1) is 14.2 Å². The van der Waals surface area contributed by atoms with Gasteiger partial charge in [-0.1, -0.05) is 30.3 Å². The number of amides is 2. The lowest BCUT2D eigenvalue weighted by molar-refractivity contribution is -0.596. The van der Waals surface area contributed by atoms with E-state index in [0.717, 1.165) is 11.1 Å². The van der Waals surface area contributed by atoms with Crippen molar-refractivity contribution < 1.29 is 28.1 Å². The lowest BCUT2D eigenvalue weighted by Crippen LogP contribution is -2.42. The highest BCUT2D eigenvalue weighted by molar-refractivity contribution is 5.98. The van der Waals surface area contributed by atoms with Gasteiger partial charge in [0.25, 0.3) is 5.91 Å². The molecule has 1 aliphatic heterocycles. The number of carbonyl (C=O) groups excluding carboxylic acids is 2. The number of methoxy groups -OCH3 is 2. The summed E-state index contributed by atoms with van der Waals surface area (Å²) >= 11 is 0. The molecule has 1 fully saturated rings. The van der Waals surface area contributed by atoms with Crippen LogP contribution in [0.25, 0.3) is 0 Å². The molecule has 33 heavy (non-hydrogen) atoms. The molecule has 0 saturated carbocycles. The number of nitrogens with one attached hydrogen (secondary N) is 2. The molecule has 0 unspecified atom stereocenters. The fraction of sp³-hybridized carbons (Fsp3) is 0.160. The van der Waals surface area contributed by atoms with Crippen molar-refractivity contribution in [2.24, 2.45) is 0 Å². The number of benzene rings is 3. The van der Waals surface area contributed by atoms with Crippen LogP contribution < -0.4 is 20.2 Å². The van der Waals surface area contributed by atoms with Crippen LogP contribution in [0.5, 0.6) is 11.5 Å². The number of hydrogen-bond acceptors (Lipinski definition) is 4. The van der Waals surface area contributed by atoms with Gasteiger partial charge in [-0.3, -0.25) is 9.59 Å². The Balaban J connectivity index is 1.69. The van der Waals surface area contributed by atoms with E-state index in [1.807, 2.05) is 36.4 Å². The lowest BCUT2D eigenvalue weighted by Gasteiger charge is -2.14. The van der Waals surface area contributed by atoms with E-state index in [1.54, 1.807) is 37.3 Å². The fourth-order valence-corrected chi connectivity index (χ4v) is 3.75.